The lowest BCUT2D eigenvalue weighted by Crippen LogP contribution is -2.53. The molecule has 1 amide bonds. The molecule has 2 aliphatic rings. The Bertz CT molecular complexity index is 979. The Labute approximate surface area is 179 Å². The molecule has 4 N–H and O–H groups in total. The maximum Gasteiger partial charge on any atom is 0.274 e. The summed E-state index contributed by atoms with van der Waals surface area (Å²) in [5.74, 6) is -0.853. The van der Waals surface area contributed by atoms with Crippen molar-refractivity contribution in [3.8, 4) is 0 Å². The third-order valence-corrected chi connectivity index (χ3v) is 6.76. The van der Waals surface area contributed by atoms with Crippen molar-refractivity contribution in [3.05, 3.63) is 46.8 Å². The summed E-state index contributed by atoms with van der Waals surface area (Å²) >= 11 is 5.79. The number of aliphatic hydroxyl groups is 3. The van der Waals surface area contributed by atoms with E-state index in [-0.39, 0.29) is 41.5 Å². The van der Waals surface area contributed by atoms with E-state index in [2.05, 4.69) is 10.3 Å². The van der Waals surface area contributed by atoms with Crippen molar-refractivity contribution >= 4 is 31.0 Å². The molecule has 7 nitrogen and oxygen atoms in total. The van der Waals surface area contributed by atoms with Crippen molar-refractivity contribution in [1.29, 1.82) is 0 Å². The van der Waals surface area contributed by atoms with Crippen LogP contribution in [0.3, 0.4) is 0 Å². The summed E-state index contributed by atoms with van der Waals surface area (Å²) in [6, 6.07) is 3.95. The normalized spacial score (nSPS) is 28.5. The van der Waals surface area contributed by atoms with Crippen molar-refractivity contribution in [1.82, 2.24) is 9.55 Å². The van der Waals surface area contributed by atoms with Crippen LogP contribution >= 0.6 is 11.6 Å². The molecule has 158 valence electrons. The van der Waals surface area contributed by atoms with Gasteiger partial charge in [0.25, 0.3) is 5.91 Å². The lowest BCUT2D eigenvalue weighted by atomic mass is 9.75. The number of aromatic nitrogens is 2. The van der Waals surface area contributed by atoms with E-state index in [9.17, 15) is 24.5 Å². The lowest BCUT2D eigenvalue weighted by Gasteiger charge is -2.35. The van der Waals surface area contributed by atoms with E-state index in [1.54, 1.807) is 17.9 Å². The highest BCUT2D eigenvalue weighted by Gasteiger charge is 2.56. The number of carbonyl (C=O) groups excluding carboxylic acids is 1. The molecule has 0 spiro atoms. The molecule has 30 heavy (non-hydrogen) atoms. The molecular formula is C20H22BClFN3O4. The number of nitrogens with one attached hydrogen (secondary N) is 1. The molecule has 2 atom stereocenters. The van der Waals surface area contributed by atoms with Gasteiger partial charge in [0.2, 0.25) is 0 Å². The molecule has 10 heteroatoms. The van der Waals surface area contributed by atoms with E-state index in [1.807, 2.05) is 0 Å². The largest absolute Gasteiger partial charge is 0.385 e. The number of halogens is 2. The maximum absolute atomic E-state index is 13.4. The van der Waals surface area contributed by atoms with Gasteiger partial charge in [-0.3, -0.25) is 4.79 Å². The Morgan fingerprint density at radius 3 is 2.57 bits per heavy atom. The van der Waals surface area contributed by atoms with Crippen LogP contribution in [0.5, 0.6) is 0 Å². The van der Waals surface area contributed by atoms with Gasteiger partial charge < -0.3 is 25.2 Å². The second-order valence-electron chi connectivity index (χ2n) is 8.53. The molecule has 2 aliphatic carbocycles. The van der Waals surface area contributed by atoms with Crippen molar-refractivity contribution in [2.24, 2.45) is 18.9 Å². The van der Waals surface area contributed by atoms with Crippen LogP contribution in [0.4, 0.5) is 10.1 Å². The first-order valence-electron chi connectivity index (χ1n) is 9.72. The number of rotatable bonds is 4. The van der Waals surface area contributed by atoms with Crippen molar-refractivity contribution in [3.63, 3.8) is 0 Å². The van der Waals surface area contributed by atoms with E-state index in [0.717, 1.165) is 0 Å². The summed E-state index contributed by atoms with van der Waals surface area (Å²) in [6.07, 6.45) is 3.24. The fraction of sp³-hybridized carbons (Fsp3) is 0.500. The Hall–Kier alpha value is -1.94. The number of anilines is 1. The third kappa shape index (κ3) is 3.64. The number of imidazole rings is 1. The number of aryl methyl sites for hydroxylation is 1. The van der Waals surface area contributed by atoms with Gasteiger partial charge in [-0.15, -0.1) is 0 Å². The fourth-order valence-electron chi connectivity index (χ4n) is 4.97. The van der Waals surface area contributed by atoms with E-state index >= 15 is 0 Å². The van der Waals surface area contributed by atoms with Gasteiger partial charge in [0, 0.05) is 18.7 Å². The Morgan fingerprint density at radius 1 is 1.37 bits per heavy atom. The number of nitrogens with zero attached hydrogens (tertiary/aromatic N) is 2. The van der Waals surface area contributed by atoms with E-state index in [0.29, 0.717) is 29.9 Å². The van der Waals surface area contributed by atoms with Gasteiger partial charge in [-0.2, -0.15) is 0 Å². The highest BCUT2D eigenvalue weighted by molar-refractivity contribution is 6.31. The summed E-state index contributed by atoms with van der Waals surface area (Å²) in [4.78, 5) is 17.4. The number of fused-ring (bicyclic) bond motifs is 1. The minimum absolute atomic E-state index is 0.00661. The smallest absolute Gasteiger partial charge is 0.274 e. The van der Waals surface area contributed by atoms with E-state index in [1.165, 1.54) is 18.2 Å². The van der Waals surface area contributed by atoms with Crippen LogP contribution in [0.25, 0.3) is 0 Å². The second-order valence-corrected chi connectivity index (χ2v) is 8.93. The summed E-state index contributed by atoms with van der Waals surface area (Å²) in [5, 5.41) is 32.5. The Balaban J connectivity index is 1.51. The molecule has 2 unspecified atom stereocenters. The zero-order valence-corrected chi connectivity index (χ0v) is 17.1. The van der Waals surface area contributed by atoms with Gasteiger partial charge in [-0.25, -0.2) is 9.37 Å². The van der Waals surface area contributed by atoms with Crippen molar-refractivity contribution in [2.75, 3.05) is 5.32 Å². The standard InChI is InChI=1S/C20H22BClFN3O4/c1-26-9-24-16(17(26)18(27)25-13-2-3-15(23)14(22)6-13)10-4-11-7-19(28,20(21,29)30)8-12(11)5-10/h2-3,6,9-12,28-30H,4-5,7-8H2,1H3,(H,25,27). The van der Waals surface area contributed by atoms with Crippen LogP contribution in [-0.4, -0.2) is 49.9 Å². The predicted molar refractivity (Wildman–Crippen MR) is 109 cm³/mol. The average molecular weight is 434 g/mol. The van der Waals surface area contributed by atoms with Crippen LogP contribution in [0, 0.1) is 17.7 Å². The van der Waals surface area contributed by atoms with Crippen LogP contribution in [0.15, 0.2) is 24.5 Å². The maximum atomic E-state index is 13.4. The van der Waals surface area contributed by atoms with Crippen LogP contribution in [-0.2, 0) is 7.05 Å². The van der Waals surface area contributed by atoms with Gasteiger partial charge in [-0.1, -0.05) is 11.6 Å². The molecule has 0 bridgehead atoms. The summed E-state index contributed by atoms with van der Waals surface area (Å²) in [5.41, 5.74) is -2.96. The van der Waals surface area contributed by atoms with Gasteiger partial charge in [0.1, 0.15) is 22.8 Å². The molecule has 4 rings (SSSR count). The zero-order valence-electron chi connectivity index (χ0n) is 16.3. The van der Waals surface area contributed by atoms with Crippen LogP contribution in [0.2, 0.25) is 5.02 Å². The zero-order chi connectivity index (χ0) is 21.8. The van der Waals surface area contributed by atoms with Gasteiger partial charge in [0.15, 0.2) is 7.85 Å². The monoisotopic (exact) mass is 433 g/mol. The molecule has 1 aromatic carbocycles. The molecule has 2 aromatic rings. The number of benzene rings is 1. The highest BCUT2D eigenvalue weighted by Crippen LogP contribution is 2.55. The van der Waals surface area contributed by atoms with Crippen molar-refractivity contribution < 1.29 is 24.5 Å². The molecule has 2 fully saturated rings. The first-order chi connectivity index (χ1) is 14.0. The van der Waals surface area contributed by atoms with E-state index < -0.39 is 17.1 Å². The van der Waals surface area contributed by atoms with Crippen molar-refractivity contribution in [2.45, 2.75) is 42.9 Å². The lowest BCUT2D eigenvalue weighted by molar-refractivity contribution is -0.218. The predicted octanol–water partition coefficient (Wildman–Crippen LogP) is 1.91. The van der Waals surface area contributed by atoms with Gasteiger partial charge in [0.05, 0.1) is 17.0 Å². The van der Waals surface area contributed by atoms with Gasteiger partial charge >= 0.3 is 0 Å². The molecule has 1 heterocycles. The molecular weight excluding hydrogens is 412 g/mol. The van der Waals surface area contributed by atoms with Crippen LogP contribution < -0.4 is 5.32 Å². The molecule has 2 saturated carbocycles. The SMILES string of the molecule is [B]C(O)(O)C1(O)CC2CC(c3ncn(C)c3C(=O)Nc3ccc(F)c(Cl)c3)CC2C1. The first kappa shape index (κ1) is 21.3. The van der Waals surface area contributed by atoms with E-state index in [4.69, 9.17) is 19.4 Å². The summed E-state index contributed by atoms with van der Waals surface area (Å²) in [7, 11) is 7.06. The minimum atomic E-state index is -2.64. The fourth-order valence-corrected chi connectivity index (χ4v) is 5.15. The third-order valence-electron chi connectivity index (χ3n) is 6.47. The molecule has 0 saturated heterocycles. The quantitative estimate of drug-likeness (QED) is 0.435. The highest BCUT2D eigenvalue weighted by atomic mass is 35.5. The van der Waals surface area contributed by atoms with Gasteiger partial charge in [-0.05, 0) is 55.7 Å². The summed E-state index contributed by atoms with van der Waals surface area (Å²) in [6.45, 7) is 0. The molecule has 1 aromatic heterocycles. The topological polar surface area (TPSA) is 108 Å². The Morgan fingerprint density at radius 2 is 2.00 bits per heavy atom. The number of hydrogen-bond donors (Lipinski definition) is 4. The molecule has 2 radical (unpaired) electrons. The number of amides is 1. The number of hydrogen-bond acceptors (Lipinski definition) is 5. The number of carbonyl (C=O) groups is 1. The van der Waals surface area contributed by atoms with Crippen LogP contribution in [0.1, 0.15) is 47.8 Å². The molecule has 0 aliphatic heterocycles. The first-order valence-corrected chi connectivity index (χ1v) is 10.1. The summed E-state index contributed by atoms with van der Waals surface area (Å²) < 4.78 is 15.0. The Kier molecular flexibility index (Phi) is 5.21. The minimum Gasteiger partial charge on any atom is -0.385 e. The average Bonchev–Trinajstić information content (AvgIpc) is 3.28. The second kappa shape index (κ2) is 7.34.